The predicted molar refractivity (Wildman–Crippen MR) is 128 cm³/mol. The van der Waals surface area contributed by atoms with Crippen LogP contribution in [0.5, 0.6) is 0 Å². The summed E-state index contributed by atoms with van der Waals surface area (Å²) >= 11 is 0. The number of guanidine groups is 1. The van der Waals surface area contributed by atoms with Crippen molar-refractivity contribution in [2.45, 2.75) is 52.6 Å². The lowest BCUT2D eigenvalue weighted by molar-refractivity contribution is -0.146. The van der Waals surface area contributed by atoms with Gasteiger partial charge in [-0.3, -0.25) is 9.79 Å². The minimum atomic E-state index is -0.465. The summed E-state index contributed by atoms with van der Waals surface area (Å²) in [4.78, 5) is 32.6. The standard InChI is InChI=1S/C21H38N4O4.HI/c1-15-12-25(14-17(15)18(26)28-6)19(22-5)23-10-9-16-8-7-11-24(13-16)20(27)29-21(2,3)4;/h15-17H,7-14H2,1-6H3,(H,22,23);1H. The highest BCUT2D eigenvalue weighted by atomic mass is 127. The number of nitrogens with zero attached hydrogens (tertiary/aromatic N) is 3. The highest BCUT2D eigenvalue weighted by Crippen LogP contribution is 2.24. The summed E-state index contributed by atoms with van der Waals surface area (Å²) in [5.74, 6) is 1.24. The molecule has 1 N–H and O–H groups in total. The summed E-state index contributed by atoms with van der Waals surface area (Å²) in [6.45, 7) is 11.5. The quantitative estimate of drug-likeness (QED) is 0.257. The molecule has 1 amide bonds. The fourth-order valence-electron chi connectivity index (χ4n) is 4.11. The molecule has 0 aromatic carbocycles. The zero-order valence-electron chi connectivity index (χ0n) is 19.3. The number of aliphatic imine (C=N–C) groups is 1. The zero-order chi connectivity index (χ0) is 21.6. The van der Waals surface area contributed by atoms with Gasteiger partial charge < -0.3 is 24.6 Å². The van der Waals surface area contributed by atoms with Crippen LogP contribution >= 0.6 is 24.0 Å². The molecule has 30 heavy (non-hydrogen) atoms. The molecule has 0 aromatic heterocycles. The number of ether oxygens (including phenoxy) is 2. The number of likely N-dealkylation sites (tertiary alicyclic amines) is 2. The van der Waals surface area contributed by atoms with E-state index >= 15 is 0 Å². The van der Waals surface area contributed by atoms with Crippen molar-refractivity contribution >= 4 is 42.0 Å². The van der Waals surface area contributed by atoms with Gasteiger partial charge in [-0.2, -0.15) is 0 Å². The summed E-state index contributed by atoms with van der Waals surface area (Å²) in [5.41, 5.74) is -0.465. The van der Waals surface area contributed by atoms with Gasteiger partial charge in [-0.05, 0) is 51.9 Å². The van der Waals surface area contributed by atoms with E-state index in [9.17, 15) is 9.59 Å². The molecule has 3 unspecified atom stereocenters. The summed E-state index contributed by atoms with van der Waals surface area (Å²) in [5, 5.41) is 3.43. The Kier molecular flexibility index (Phi) is 10.7. The van der Waals surface area contributed by atoms with E-state index < -0.39 is 5.60 Å². The lowest BCUT2D eigenvalue weighted by Crippen LogP contribution is -2.44. The summed E-state index contributed by atoms with van der Waals surface area (Å²) in [7, 11) is 3.21. The molecule has 0 radical (unpaired) electrons. The average molecular weight is 538 g/mol. The van der Waals surface area contributed by atoms with E-state index in [1.165, 1.54) is 7.11 Å². The molecular weight excluding hydrogens is 499 g/mol. The van der Waals surface area contributed by atoms with Gasteiger partial charge in [0.25, 0.3) is 0 Å². The second-order valence-electron chi connectivity index (χ2n) is 9.21. The van der Waals surface area contributed by atoms with Gasteiger partial charge in [-0.15, -0.1) is 24.0 Å². The molecule has 0 spiro atoms. The van der Waals surface area contributed by atoms with Crippen molar-refractivity contribution < 1.29 is 19.1 Å². The van der Waals surface area contributed by atoms with E-state index in [2.05, 4.69) is 22.1 Å². The molecule has 2 heterocycles. The summed E-state index contributed by atoms with van der Waals surface area (Å²) in [6.07, 6.45) is 2.86. The SMILES string of the molecule is CN=C(NCCC1CCCN(C(=O)OC(C)(C)C)C1)N1CC(C)C(C(=O)OC)C1.I. The Labute approximate surface area is 198 Å². The van der Waals surface area contributed by atoms with Gasteiger partial charge in [-0.1, -0.05) is 6.92 Å². The molecule has 0 bridgehead atoms. The number of nitrogens with one attached hydrogen (secondary N) is 1. The van der Waals surface area contributed by atoms with E-state index in [0.29, 0.717) is 12.5 Å². The number of rotatable bonds is 4. The van der Waals surface area contributed by atoms with E-state index in [-0.39, 0.29) is 47.9 Å². The van der Waals surface area contributed by atoms with Crippen molar-refractivity contribution in [1.82, 2.24) is 15.1 Å². The van der Waals surface area contributed by atoms with Crippen LogP contribution in [0.15, 0.2) is 4.99 Å². The first-order valence-electron chi connectivity index (χ1n) is 10.7. The van der Waals surface area contributed by atoms with Crippen LogP contribution < -0.4 is 5.32 Å². The largest absolute Gasteiger partial charge is 0.469 e. The lowest BCUT2D eigenvalue weighted by atomic mass is 9.95. The third kappa shape index (κ3) is 7.77. The van der Waals surface area contributed by atoms with Gasteiger partial charge in [0, 0.05) is 39.8 Å². The second-order valence-corrected chi connectivity index (χ2v) is 9.21. The maximum Gasteiger partial charge on any atom is 0.410 e. The molecule has 2 saturated heterocycles. The van der Waals surface area contributed by atoms with Crippen molar-refractivity contribution in [3.05, 3.63) is 0 Å². The number of carbonyl (C=O) groups is 2. The molecule has 2 aliphatic heterocycles. The average Bonchev–Trinajstić information content (AvgIpc) is 3.05. The topological polar surface area (TPSA) is 83.5 Å². The van der Waals surface area contributed by atoms with Crippen LogP contribution in [0.4, 0.5) is 4.79 Å². The lowest BCUT2D eigenvalue weighted by Gasteiger charge is -2.34. The number of hydrogen-bond donors (Lipinski definition) is 1. The van der Waals surface area contributed by atoms with Crippen LogP contribution in [-0.2, 0) is 14.3 Å². The third-order valence-electron chi connectivity index (χ3n) is 5.63. The molecular formula is C21H39IN4O4. The first kappa shape index (κ1) is 26.8. The minimum Gasteiger partial charge on any atom is -0.469 e. The number of carbonyl (C=O) groups excluding carboxylic acids is 2. The fourth-order valence-corrected chi connectivity index (χ4v) is 4.11. The highest BCUT2D eigenvalue weighted by molar-refractivity contribution is 14.0. The molecule has 3 atom stereocenters. The van der Waals surface area contributed by atoms with Crippen LogP contribution in [0.25, 0.3) is 0 Å². The third-order valence-corrected chi connectivity index (χ3v) is 5.63. The smallest absolute Gasteiger partial charge is 0.410 e. The molecule has 2 fully saturated rings. The van der Waals surface area contributed by atoms with Gasteiger partial charge >= 0.3 is 12.1 Å². The Bertz CT molecular complexity index is 608. The molecule has 0 saturated carbocycles. The maximum absolute atomic E-state index is 12.3. The molecule has 0 aromatic rings. The van der Waals surface area contributed by atoms with Crippen molar-refractivity contribution in [3.63, 3.8) is 0 Å². The maximum atomic E-state index is 12.3. The number of esters is 1. The normalized spacial score (nSPS) is 24.9. The Morgan fingerprint density at radius 1 is 1.17 bits per heavy atom. The molecule has 2 rings (SSSR count). The first-order valence-corrected chi connectivity index (χ1v) is 10.7. The Morgan fingerprint density at radius 3 is 2.47 bits per heavy atom. The molecule has 9 heteroatoms. The Morgan fingerprint density at radius 2 is 1.87 bits per heavy atom. The molecule has 2 aliphatic rings. The Balaban J connectivity index is 0.00000450. The number of piperidine rings is 1. The van der Waals surface area contributed by atoms with Gasteiger partial charge in [0.05, 0.1) is 13.0 Å². The zero-order valence-corrected chi connectivity index (χ0v) is 21.6. The number of hydrogen-bond acceptors (Lipinski definition) is 5. The van der Waals surface area contributed by atoms with Crippen LogP contribution in [-0.4, -0.2) is 80.3 Å². The number of methoxy groups -OCH3 is 1. The van der Waals surface area contributed by atoms with Gasteiger partial charge in [-0.25, -0.2) is 4.79 Å². The van der Waals surface area contributed by atoms with Gasteiger partial charge in [0.15, 0.2) is 5.96 Å². The van der Waals surface area contributed by atoms with E-state index in [4.69, 9.17) is 9.47 Å². The Hall–Kier alpha value is -1.26. The van der Waals surface area contributed by atoms with Crippen molar-refractivity contribution in [2.24, 2.45) is 22.7 Å². The molecule has 8 nitrogen and oxygen atoms in total. The summed E-state index contributed by atoms with van der Waals surface area (Å²) < 4.78 is 10.4. The van der Waals surface area contributed by atoms with Gasteiger partial charge in [0.1, 0.15) is 5.60 Å². The number of halogens is 1. The van der Waals surface area contributed by atoms with Gasteiger partial charge in [0.2, 0.25) is 0 Å². The van der Waals surface area contributed by atoms with Crippen LogP contribution in [0.3, 0.4) is 0 Å². The summed E-state index contributed by atoms with van der Waals surface area (Å²) in [6, 6.07) is 0. The number of amides is 1. The van der Waals surface area contributed by atoms with E-state index in [1.54, 1.807) is 7.05 Å². The van der Waals surface area contributed by atoms with E-state index in [0.717, 1.165) is 51.4 Å². The van der Waals surface area contributed by atoms with Crippen LogP contribution in [0.1, 0.15) is 47.0 Å². The minimum absolute atomic E-state index is 0. The fraction of sp³-hybridized carbons (Fsp3) is 0.857. The van der Waals surface area contributed by atoms with Crippen molar-refractivity contribution in [1.29, 1.82) is 0 Å². The van der Waals surface area contributed by atoms with E-state index in [1.807, 2.05) is 25.7 Å². The highest BCUT2D eigenvalue weighted by Gasteiger charge is 2.37. The molecule has 0 aliphatic carbocycles. The second kappa shape index (κ2) is 12.0. The molecule has 174 valence electrons. The van der Waals surface area contributed by atoms with Crippen molar-refractivity contribution in [3.8, 4) is 0 Å². The van der Waals surface area contributed by atoms with Crippen LogP contribution in [0, 0.1) is 17.8 Å². The first-order chi connectivity index (χ1) is 13.6. The predicted octanol–water partition coefficient (Wildman–Crippen LogP) is 2.96. The van der Waals surface area contributed by atoms with Crippen molar-refractivity contribution in [2.75, 3.05) is 46.9 Å². The monoisotopic (exact) mass is 538 g/mol. The van der Waals surface area contributed by atoms with Crippen LogP contribution in [0.2, 0.25) is 0 Å².